The quantitative estimate of drug-likeness (QED) is 0.721. The van der Waals surface area contributed by atoms with E-state index in [4.69, 9.17) is 15.2 Å². The number of rotatable bonds is 4. The highest BCUT2D eigenvalue weighted by Crippen LogP contribution is 2.39. The Bertz CT molecular complexity index is 1000. The first kappa shape index (κ1) is 17.0. The topological polar surface area (TPSA) is 69.7 Å². The lowest BCUT2D eigenvalue weighted by molar-refractivity contribution is 0.278. The molecule has 0 saturated heterocycles. The summed E-state index contributed by atoms with van der Waals surface area (Å²) in [5.41, 5.74) is 7.96. The zero-order valence-electron chi connectivity index (χ0n) is 14.7. The molecule has 5 nitrogen and oxygen atoms in total. The van der Waals surface area contributed by atoms with Crippen LogP contribution in [0.2, 0.25) is 0 Å². The van der Waals surface area contributed by atoms with Gasteiger partial charge in [-0.15, -0.1) is 0 Å². The Balaban J connectivity index is 1.85. The van der Waals surface area contributed by atoms with Gasteiger partial charge < -0.3 is 15.2 Å². The third kappa shape index (κ3) is 2.99. The van der Waals surface area contributed by atoms with Crippen molar-refractivity contribution in [1.29, 1.82) is 0 Å². The maximum Gasteiger partial charge on any atom is 0.283 e. The number of benzene rings is 2. The van der Waals surface area contributed by atoms with Gasteiger partial charge in [-0.05, 0) is 47.0 Å². The summed E-state index contributed by atoms with van der Waals surface area (Å²) in [5, 5.41) is 0. The molecule has 1 aromatic heterocycles. The van der Waals surface area contributed by atoms with Gasteiger partial charge in [0.25, 0.3) is 6.02 Å². The average Bonchev–Trinajstić information content (AvgIpc) is 3.11. The molecule has 0 aliphatic carbocycles. The summed E-state index contributed by atoms with van der Waals surface area (Å²) in [6.07, 6.45) is 1.43. The third-order valence-electron chi connectivity index (χ3n) is 4.71. The molecule has 6 heteroatoms. The Hall–Kier alpha value is -3.41. The van der Waals surface area contributed by atoms with Crippen LogP contribution in [-0.4, -0.2) is 24.7 Å². The van der Waals surface area contributed by atoms with E-state index in [1.165, 1.54) is 6.20 Å². The van der Waals surface area contributed by atoms with Crippen molar-refractivity contribution in [3.05, 3.63) is 83.9 Å². The molecule has 1 atom stereocenters. The maximum absolute atomic E-state index is 14.2. The molecule has 0 fully saturated rings. The van der Waals surface area contributed by atoms with Crippen LogP contribution >= 0.6 is 0 Å². The predicted molar refractivity (Wildman–Crippen MR) is 101 cm³/mol. The highest BCUT2D eigenvalue weighted by atomic mass is 19.1. The van der Waals surface area contributed by atoms with E-state index in [2.05, 4.69) is 9.98 Å². The molecule has 0 spiro atoms. The lowest BCUT2D eigenvalue weighted by Gasteiger charge is -2.26. The summed E-state index contributed by atoms with van der Waals surface area (Å²) in [4.78, 5) is 8.33. The van der Waals surface area contributed by atoms with Gasteiger partial charge in [-0.2, -0.15) is 4.39 Å². The van der Waals surface area contributed by atoms with Gasteiger partial charge in [-0.3, -0.25) is 0 Å². The van der Waals surface area contributed by atoms with Crippen LogP contribution in [0.25, 0.3) is 11.1 Å². The minimum Gasteiger partial charge on any atom is -0.497 e. The number of aromatic nitrogens is 1. The van der Waals surface area contributed by atoms with Gasteiger partial charge in [0.15, 0.2) is 5.54 Å². The predicted octanol–water partition coefficient (Wildman–Crippen LogP) is 3.48. The number of methoxy groups -OCH3 is 1. The van der Waals surface area contributed by atoms with Crippen LogP contribution in [0, 0.1) is 5.95 Å². The Morgan fingerprint density at radius 1 is 1.07 bits per heavy atom. The normalized spacial score (nSPS) is 18.7. The van der Waals surface area contributed by atoms with Crippen molar-refractivity contribution in [2.24, 2.45) is 10.7 Å². The molecule has 0 amide bonds. The van der Waals surface area contributed by atoms with Crippen molar-refractivity contribution in [1.82, 2.24) is 4.98 Å². The van der Waals surface area contributed by atoms with Crippen LogP contribution in [0.4, 0.5) is 4.39 Å². The van der Waals surface area contributed by atoms with E-state index in [0.29, 0.717) is 11.1 Å². The summed E-state index contributed by atoms with van der Waals surface area (Å²) in [7, 11) is 1.62. The Morgan fingerprint density at radius 2 is 1.89 bits per heavy atom. The first-order valence-electron chi connectivity index (χ1n) is 8.46. The Kier molecular flexibility index (Phi) is 4.24. The maximum atomic E-state index is 14.2. The van der Waals surface area contributed by atoms with Crippen LogP contribution < -0.4 is 10.5 Å². The number of hydrogen-bond acceptors (Lipinski definition) is 5. The van der Waals surface area contributed by atoms with Crippen molar-refractivity contribution in [2.45, 2.75) is 5.54 Å². The fourth-order valence-corrected chi connectivity index (χ4v) is 3.31. The smallest absolute Gasteiger partial charge is 0.283 e. The Morgan fingerprint density at radius 3 is 2.56 bits per heavy atom. The van der Waals surface area contributed by atoms with Crippen molar-refractivity contribution in [2.75, 3.05) is 13.7 Å². The lowest BCUT2D eigenvalue weighted by Crippen LogP contribution is -2.27. The van der Waals surface area contributed by atoms with E-state index in [1.54, 1.807) is 19.2 Å². The molecular formula is C21H18FN3O2. The fourth-order valence-electron chi connectivity index (χ4n) is 3.31. The summed E-state index contributed by atoms with van der Waals surface area (Å²) in [6, 6.07) is 18.7. The van der Waals surface area contributed by atoms with Crippen molar-refractivity contribution in [3.63, 3.8) is 0 Å². The molecule has 0 bridgehead atoms. The molecule has 136 valence electrons. The number of nitrogens with two attached hydrogens (primary N) is 1. The number of pyridine rings is 1. The van der Waals surface area contributed by atoms with E-state index in [1.807, 2.05) is 48.5 Å². The third-order valence-corrected chi connectivity index (χ3v) is 4.71. The molecule has 4 rings (SSSR count). The zero-order chi connectivity index (χ0) is 18.9. The second kappa shape index (κ2) is 6.72. The van der Waals surface area contributed by atoms with Gasteiger partial charge in [0.05, 0.1) is 7.11 Å². The molecule has 2 N–H and O–H groups in total. The van der Waals surface area contributed by atoms with E-state index >= 15 is 0 Å². The van der Waals surface area contributed by atoms with Gasteiger partial charge >= 0.3 is 0 Å². The number of aliphatic imine (C=N–C) groups is 1. The monoisotopic (exact) mass is 363 g/mol. The number of ether oxygens (including phenoxy) is 2. The van der Waals surface area contributed by atoms with Crippen molar-refractivity contribution >= 4 is 6.02 Å². The largest absolute Gasteiger partial charge is 0.497 e. The molecule has 2 heterocycles. The van der Waals surface area contributed by atoms with Crippen LogP contribution in [0.3, 0.4) is 0 Å². The fraction of sp³-hybridized carbons (Fsp3) is 0.143. The summed E-state index contributed by atoms with van der Waals surface area (Å²) < 4.78 is 24.9. The minimum atomic E-state index is -0.801. The SMILES string of the molecule is COc1ccc([C@]2(c3cccc(-c4cccnc4F)c3)COC(N)=N2)cc1. The highest BCUT2D eigenvalue weighted by Gasteiger charge is 2.40. The lowest BCUT2D eigenvalue weighted by atomic mass is 9.83. The van der Waals surface area contributed by atoms with Crippen LogP contribution in [0.1, 0.15) is 11.1 Å². The van der Waals surface area contributed by atoms with Crippen molar-refractivity contribution in [3.8, 4) is 16.9 Å². The van der Waals surface area contributed by atoms with Crippen molar-refractivity contribution < 1.29 is 13.9 Å². The summed E-state index contributed by atoms with van der Waals surface area (Å²) >= 11 is 0. The number of halogens is 1. The molecule has 0 saturated carbocycles. The highest BCUT2D eigenvalue weighted by molar-refractivity contribution is 5.75. The van der Waals surface area contributed by atoms with Gasteiger partial charge in [-0.1, -0.05) is 30.3 Å². The first-order valence-corrected chi connectivity index (χ1v) is 8.46. The van der Waals surface area contributed by atoms with Gasteiger partial charge in [0, 0.05) is 11.8 Å². The molecular weight excluding hydrogens is 345 g/mol. The van der Waals surface area contributed by atoms with Crippen LogP contribution in [0.5, 0.6) is 5.75 Å². The number of amidine groups is 1. The second-order valence-corrected chi connectivity index (χ2v) is 6.25. The summed E-state index contributed by atoms with van der Waals surface area (Å²) in [5.74, 6) is 0.231. The van der Waals surface area contributed by atoms with Gasteiger partial charge in [0.2, 0.25) is 5.95 Å². The molecule has 27 heavy (non-hydrogen) atoms. The van der Waals surface area contributed by atoms with E-state index in [-0.39, 0.29) is 12.6 Å². The number of hydrogen-bond donors (Lipinski definition) is 1. The molecule has 0 radical (unpaired) electrons. The van der Waals surface area contributed by atoms with Crippen LogP contribution in [0.15, 0.2) is 71.9 Å². The van der Waals surface area contributed by atoms with E-state index < -0.39 is 11.5 Å². The zero-order valence-corrected chi connectivity index (χ0v) is 14.7. The van der Waals surface area contributed by atoms with E-state index in [9.17, 15) is 4.39 Å². The Labute approximate surface area is 156 Å². The standard InChI is InChI=1S/C21H18FN3O2/c1-26-17-9-7-15(8-10-17)21(13-27-20(23)25-21)16-5-2-4-14(12-16)18-6-3-11-24-19(18)22/h2-12H,13H2,1H3,(H2,23,25)/t21-/m0/s1. The van der Waals surface area contributed by atoms with Crippen LogP contribution in [-0.2, 0) is 10.3 Å². The molecule has 1 aliphatic heterocycles. The number of nitrogens with zero attached hydrogens (tertiary/aromatic N) is 2. The molecule has 2 aromatic carbocycles. The molecule has 1 aliphatic rings. The van der Waals surface area contributed by atoms with E-state index in [0.717, 1.165) is 16.9 Å². The molecule has 3 aromatic rings. The second-order valence-electron chi connectivity index (χ2n) is 6.25. The van der Waals surface area contributed by atoms with Gasteiger partial charge in [-0.25, -0.2) is 9.98 Å². The first-order chi connectivity index (χ1) is 13.1. The summed E-state index contributed by atoms with van der Waals surface area (Å²) in [6.45, 7) is 0.268. The average molecular weight is 363 g/mol. The molecule has 0 unspecified atom stereocenters. The minimum absolute atomic E-state index is 0.128. The van der Waals surface area contributed by atoms with Gasteiger partial charge in [0.1, 0.15) is 12.4 Å².